The van der Waals surface area contributed by atoms with Gasteiger partial charge in [-0.25, -0.2) is 0 Å². The summed E-state index contributed by atoms with van der Waals surface area (Å²) in [6.45, 7) is 3.67. The molecule has 1 aliphatic heterocycles. The lowest BCUT2D eigenvalue weighted by Gasteiger charge is -2.28. The summed E-state index contributed by atoms with van der Waals surface area (Å²) in [6.07, 6.45) is 3.52. The molecule has 0 aromatic rings. The number of unbranched alkanes of at least 4 members (excludes halogenated alkanes) is 3. The number of carboxylic acids is 1. The molecule has 6 atom stereocenters. The van der Waals surface area contributed by atoms with Crippen LogP contribution in [0, 0.1) is 11.8 Å². The van der Waals surface area contributed by atoms with Crippen molar-refractivity contribution in [1.29, 1.82) is 0 Å². The second-order valence-corrected chi connectivity index (χ2v) is 7.11. The molecular formula is C18H30O7. The number of carbonyl (C=O) groups excluding carboxylic acids is 1. The molecule has 25 heavy (non-hydrogen) atoms. The van der Waals surface area contributed by atoms with Gasteiger partial charge < -0.3 is 24.4 Å². The van der Waals surface area contributed by atoms with Crippen molar-refractivity contribution in [3.63, 3.8) is 0 Å². The maximum Gasteiger partial charge on any atom is 0.303 e. The summed E-state index contributed by atoms with van der Waals surface area (Å²) >= 11 is 0. The van der Waals surface area contributed by atoms with Gasteiger partial charge >= 0.3 is 11.9 Å². The number of rotatable bonds is 9. The summed E-state index contributed by atoms with van der Waals surface area (Å²) in [5.41, 5.74) is 0. The highest BCUT2D eigenvalue weighted by molar-refractivity contribution is 5.66. The summed E-state index contributed by atoms with van der Waals surface area (Å²) < 4.78 is 16.7. The van der Waals surface area contributed by atoms with Crippen LogP contribution in [0.15, 0.2) is 0 Å². The average molecular weight is 358 g/mol. The van der Waals surface area contributed by atoms with Gasteiger partial charge in [0.05, 0.1) is 18.8 Å². The van der Waals surface area contributed by atoms with Crippen molar-refractivity contribution < 1.29 is 34.0 Å². The second kappa shape index (κ2) is 9.50. The van der Waals surface area contributed by atoms with Gasteiger partial charge in [0.1, 0.15) is 6.10 Å². The third kappa shape index (κ3) is 5.94. The first-order valence-corrected chi connectivity index (χ1v) is 9.22. The quantitative estimate of drug-likeness (QED) is 0.481. The van der Waals surface area contributed by atoms with Gasteiger partial charge in [0, 0.05) is 31.6 Å². The van der Waals surface area contributed by atoms with Crippen LogP contribution in [0.5, 0.6) is 0 Å². The fourth-order valence-electron chi connectivity index (χ4n) is 4.12. The minimum absolute atomic E-state index is 0.0391. The Balaban J connectivity index is 1.89. The van der Waals surface area contributed by atoms with Gasteiger partial charge in [-0.2, -0.15) is 0 Å². The van der Waals surface area contributed by atoms with E-state index in [0.29, 0.717) is 19.4 Å². The molecule has 0 amide bonds. The van der Waals surface area contributed by atoms with Crippen LogP contribution in [-0.4, -0.2) is 53.4 Å². The van der Waals surface area contributed by atoms with E-state index in [1.54, 1.807) is 0 Å². The fraction of sp³-hybridized carbons (Fsp3) is 0.889. The van der Waals surface area contributed by atoms with Crippen LogP contribution in [0.1, 0.15) is 58.8 Å². The van der Waals surface area contributed by atoms with Crippen LogP contribution < -0.4 is 0 Å². The van der Waals surface area contributed by atoms with Crippen molar-refractivity contribution >= 4 is 11.9 Å². The zero-order valence-electron chi connectivity index (χ0n) is 15.1. The van der Waals surface area contributed by atoms with Crippen molar-refractivity contribution in [2.45, 2.75) is 83.4 Å². The number of aliphatic carboxylic acids is 1. The molecule has 144 valence electrons. The van der Waals surface area contributed by atoms with E-state index in [9.17, 15) is 14.7 Å². The average Bonchev–Trinajstić information content (AvgIpc) is 3.05. The van der Waals surface area contributed by atoms with Gasteiger partial charge in [-0.05, 0) is 19.8 Å². The Labute approximate surface area is 148 Å². The lowest BCUT2D eigenvalue weighted by molar-refractivity contribution is -0.149. The van der Waals surface area contributed by atoms with E-state index in [1.807, 2.05) is 6.92 Å². The largest absolute Gasteiger partial charge is 0.481 e. The van der Waals surface area contributed by atoms with Crippen molar-refractivity contribution in [3.8, 4) is 0 Å². The third-order valence-corrected chi connectivity index (χ3v) is 5.18. The van der Waals surface area contributed by atoms with Gasteiger partial charge in [0.15, 0.2) is 6.29 Å². The van der Waals surface area contributed by atoms with E-state index in [1.165, 1.54) is 6.92 Å². The van der Waals surface area contributed by atoms with Gasteiger partial charge in [0.25, 0.3) is 0 Å². The number of ether oxygens (including phenoxy) is 3. The van der Waals surface area contributed by atoms with Gasteiger partial charge in [-0.15, -0.1) is 0 Å². The molecule has 2 unspecified atom stereocenters. The molecule has 0 spiro atoms. The summed E-state index contributed by atoms with van der Waals surface area (Å²) in [7, 11) is 0. The molecule has 0 aromatic heterocycles. The van der Waals surface area contributed by atoms with Crippen molar-refractivity contribution in [1.82, 2.24) is 0 Å². The number of aliphatic hydroxyl groups excluding tert-OH is 1. The Hall–Kier alpha value is -1.18. The van der Waals surface area contributed by atoms with Crippen LogP contribution >= 0.6 is 0 Å². The van der Waals surface area contributed by atoms with Crippen LogP contribution in [-0.2, 0) is 23.8 Å². The third-order valence-electron chi connectivity index (χ3n) is 5.18. The number of carbonyl (C=O) groups is 2. The Kier molecular flexibility index (Phi) is 7.65. The molecule has 7 nitrogen and oxygen atoms in total. The van der Waals surface area contributed by atoms with Gasteiger partial charge in [-0.1, -0.05) is 19.3 Å². The molecule has 2 rings (SSSR count). The molecule has 7 heteroatoms. The molecule has 0 bridgehead atoms. The highest BCUT2D eigenvalue weighted by Gasteiger charge is 2.49. The van der Waals surface area contributed by atoms with Crippen molar-refractivity contribution in [2.75, 3.05) is 6.61 Å². The van der Waals surface area contributed by atoms with Crippen LogP contribution in [0.25, 0.3) is 0 Å². The number of aliphatic hydroxyl groups is 1. The van der Waals surface area contributed by atoms with Crippen molar-refractivity contribution in [3.05, 3.63) is 0 Å². The lowest BCUT2D eigenvalue weighted by Crippen LogP contribution is -2.35. The Morgan fingerprint density at radius 2 is 1.92 bits per heavy atom. The first-order valence-electron chi connectivity index (χ1n) is 9.22. The lowest BCUT2D eigenvalue weighted by atomic mass is 9.85. The maximum atomic E-state index is 11.4. The van der Waals surface area contributed by atoms with Crippen LogP contribution in [0.2, 0.25) is 0 Å². The van der Waals surface area contributed by atoms with E-state index in [-0.39, 0.29) is 42.7 Å². The molecule has 2 N–H and O–H groups in total. The smallest absolute Gasteiger partial charge is 0.303 e. The molecule has 1 aliphatic carbocycles. The standard InChI is InChI=1S/C18H30O7/c1-11(19)24-15-9-14(20)18(16-10-23-12(2)25-16)13(15)7-5-3-4-6-8-17(21)22/h12-16,18,20H,3-10H2,1-2H3,(H,21,22)/t12?,13-,14+,15-,16?,18+/m0/s1. The molecule has 2 fully saturated rings. The van der Waals surface area contributed by atoms with E-state index in [2.05, 4.69) is 0 Å². The normalized spacial score (nSPS) is 35.0. The zero-order valence-corrected chi connectivity index (χ0v) is 15.1. The number of carboxylic acid groups (broad SMARTS) is 1. The Morgan fingerprint density at radius 1 is 1.20 bits per heavy atom. The van der Waals surface area contributed by atoms with E-state index in [4.69, 9.17) is 19.3 Å². The minimum atomic E-state index is -0.763. The zero-order chi connectivity index (χ0) is 18.4. The monoisotopic (exact) mass is 358 g/mol. The first kappa shape index (κ1) is 20.1. The molecule has 1 heterocycles. The van der Waals surface area contributed by atoms with Crippen LogP contribution in [0.4, 0.5) is 0 Å². The topological polar surface area (TPSA) is 102 Å². The van der Waals surface area contributed by atoms with E-state index < -0.39 is 12.1 Å². The highest BCUT2D eigenvalue weighted by Crippen LogP contribution is 2.42. The predicted molar refractivity (Wildman–Crippen MR) is 88.8 cm³/mol. The Bertz CT molecular complexity index is 453. The first-order chi connectivity index (χ1) is 11.9. The number of hydrogen-bond donors (Lipinski definition) is 2. The van der Waals surface area contributed by atoms with Gasteiger partial charge in [0.2, 0.25) is 0 Å². The molecule has 1 saturated heterocycles. The van der Waals surface area contributed by atoms with E-state index >= 15 is 0 Å². The summed E-state index contributed by atoms with van der Waals surface area (Å²) in [4.78, 5) is 21.9. The maximum absolute atomic E-state index is 11.4. The van der Waals surface area contributed by atoms with E-state index in [0.717, 1.165) is 25.7 Å². The molecule has 1 saturated carbocycles. The number of hydrogen-bond acceptors (Lipinski definition) is 6. The Morgan fingerprint density at radius 3 is 2.52 bits per heavy atom. The predicted octanol–water partition coefficient (Wildman–Crippen LogP) is 2.10. The minimum Gasteiger partial charge on any atom is -0.481 e. The summed E-state index contributed by atoms with van der Waals surface area (Å²) in [5, 5.41) is 19.2. The molecule has 0 radical (unpaired) electrons. The second-order valence-electron chi connectivity index (χ2n) is 7.11. The fourth-order valence-corrected chi connectivity index (χ4v) is 4.12. The van der Waals surface area contributed by atoms with Crippen molar-refractivity contribution in [2.24, 2.45) is 11.8 Å². The van der Waals surface area contributed by atoms with Crippen LogP contribution in [0.3, 0.4) is 0 Å². The van der Waals surface area contributed by atoms with Gasteiger partial charge in [-0.3, -0.25) is 9.59 Å². The molecule has 0 aromatic carbocycles. The summed E-state index contributed by atoms with van der Waals surface area (Å²) in [5.74, 6) is -1.16. The molecular weight excluding hydrogens is 328 g/mol. The number of esters is 1. The highest BCUT2D eigenvalue weighted by atomic mass is 16.7. The molecule has 2 aliphatic rings. The summed E-state index contributed by atoms with van der Waals surface area (Å²) in [6, 6.07) is 0. The SMILES string of the molecule is CC(=O)O[C@H]1C[C@@H](O)[C@H](C2COC(C)O2)[C@H]1CCCCCCC(=O)O.